The number of carbonyl (C=O) groups is 2. The summed E-state index contributed by atoms with van der Waals surface area (Å²) in [6.07, 6.45) is -7.80. The predicted molar refractivity (Wildman–Crippen MR) is 202 cm³/mol. The molecule has 0 radical (unpaired) electrons. The molecule has 20 heteroatoms. The highest BCUT2D eigenvalue weighted by atomic mass is 16.8. The molecule has 15 atom stereocenters. The van der Waals surface area contributed by atoms with Gasteiger partial charge in [-0.3, -0.25) is 23.9 Å². The van der Waals surface area contributed by atoms with Gasteiger partial charge >= 0.3 is 5.69 Å². The van der Waals surface area contributed by atoms with Crippen LogP contribution in [0, 0.1) is 11.8 Å². The van der Waals surface area contributed by atoms with E-state index in [1.165, 1.54) is 31.8 Å². The quantitative estimate of drug-likeness (QED) is 0.0705. The standard InChI is InChI=1S/C30H46N4O16.C8H14/c1-11(2)5-4-6-16(38)32-19-23(43)20(40)14(47-29(19)50-28-18(31-12(3)36)22(42)21(41)15(10-35)48-28)9-13(37)26-24(44)25(45)27(49-26)34-8-7-17(39)33-30(34)46;1-2-5-8-6-3-4-7-8/h4,6-8,11,13-15,18-29,35,37,40-45H,5,9-10H2,1-3H3,(H,31,36)(H,32,38)(H,33,39,46);2,5,8H,3-4,6-7H2,1H3/b6-4+;5-2-. The van der Waals surface area contributed by atoms with Crippen LogP contribution < -0.4 is 21.9 Å². The van der Waals surface area contributed by atoms with Crippen LogP contribution >= 0.6 is 0 Å². The maximum absolute atomic E-state index is 12.8. The van der Waals surface area contributed by atoms with Gasteiger partial charge in [0.1, 0.15) is 60.9 Å². The van der Waals surface area contributed by atoms with E-state index in [4.69, 9.17) is 18.9 Å². The fraction of sp³-hybridized carbons (Fsp3) is 0.737. The van der Waals surface area contributed by atoms with Crippen molar-refractivity contribution in [1.29, 1.82) is 0 Å². The van der Waals surface area contributed by atoms with Crippen molar-refractivity contribution >= 4 is 11.8 Å². The molecular formula is C38H60N4O16. The maximum atomic E-state index is 12.8. The zero-order valence-corrected chi connectivity index (χ0v) is 33.0. The normalized spacial score (nSPS) is 36.2. The van der Waals surface area contributed by atoms with E-state index < -0.39 is 128 Å². The topological polar surface area (TPSA) is 312 Å². The molecule has 2 amide bonds. The van der Waals surface area contributed by atoms with E-state index in [9.17, 15) is 60.0 Å². The summed E-state index contributed by atoms with van der Waals surface area (Å²) in [5.41, 5.74) is -1.69. The molecule has 1 aromatic heterocycles. The number of nitrogens with zero attached hydrogens (tertiary/aromatic N) is 1. The number of ether oxygens (including phenoxy) is 4. The highest BCUT2D eigenvalue weighted by Gasteiger charge is 2.53. The van der Waals surface area contributed by atoms with E-state index in [0.29, 0.717) is 6.42 Å². The van der Waals surface area contributed by atoms with Crippen molar-refractivity contribution in [2.75, 3.05) is 6.61 Å². The Morgan fingerprint density at radius 2 is 1.52 bits per heavy atom. The second-order valence-corrected chi connectivity index (χ2v) is 15.5. The molecule has 4 aliphatic rings. The fourth-order valence-electron chi connectivity index (χ4n) is 7.43. The maximum Gasteiger partial charge on any atom is 0.330 e. The minimum Gasteiger partial charge on any atom is -0.394 e. The zero-order chi connectivity index (χ0) is 42.8. The smallest absolute Gasteiger partial charge is 0.330 e. The van der Waals surface area contributed by atoms with Gasteiger partial charge in [0.05, 0.1) is 18.8 Å². The van der Waals surface area contributed by atoms with Crippen LogP contribution in [0.25, 0.3) is 0 Å². The predicted octanol–water partition coefficient (Wildman–Crippen LogP) is -2.85. The van der Waals surface area contributed by atoms with Crippen molar-refractivity contribution in [3.05, 3.63) is 57.4 Å². The monoisotopic (exact) mass is 828 g/mol. The van der Waals surface area contributed by atoms with Crippen molar-refractivity contribution < 1.29 is 69.4 Å². The molecule has 1 aliphatic carbocycles. The van der Waals surface area contributed by atoms with Crippen molar-refractivity contribution in [2.24, 2.45) is 11.8 Å². The lowest BCUT2D eigenvalue weighted by molar-refractivity contribution is -0.346. The molecule has 58 heavy (non-hydrogen) atoms. The first kappa shape index (κ1) is 47.3. The first-order valence-corrected chi connectivity index (χ1v) is 19.6. The molecule has 1 aromatic rings. The van der Waals surface area contributed by atoms with E-state index in [1.807, 2.05) is 18.8 Å². The van der Waals surface area contributed by atoms with E-state index in [1.54, 1.807) is 6.08 Å². The first-order chi connectivity index (χ1) is 27.5. The van der Waals surface area contributed by atoms with Gasteiger partial charge in [-0.15, -0.1) is 0 Å². The minimum absolute atomic E-state index is 0.222. The number of hydrogen-bond donors (Lipinski definition) is 11. The highest BCUT2D eigenvalue weighted by molar-refractivity contribution is 5.87. The molecule has 328 valence electrons. The van der Waals surface area contributed by atoms with Crippen molar-refractivity contribution in [1.82, 2.24) is 20.2 Å². The Morgan fingerprint density at radius 3 is 2.09 bits per heavy atom. The summed E-state index contributed by atoms with van der Waals surface area (Å²) in [5.74, 6) is -0.231. The number of H-pyrrole nitrogens is 1. The zero-order valence-electron chi connectivity index (χ0n) is 33.0. The molecule has 5 rings (SSSR count). The second kappa shape index (κ2) is 21.7. The number of aromatic amines is 1. The van der Waals surface area contributed by atoms with Gasteiger partial charge in [-0.1, -0.05) is 44.9 Å². The summed E-state index contributed by atoms with van der Waals surface area (Å²) in [7, 11) is 0. The molecule has 1 saturated carbocycles. The Hall–Kier alpha value is -3.38. The van der Waals surface area contributed by atoms with Gasteiger partial charge in [-0.05, 0) is 44.1 Å². The Balaban J connectivity index is 0.000000828. The van der Waals surface area contributed by atoms with Crippen molar-refractivity contribution in [3.8, 4) is 0 Å². The number of nitrogens with one attached hydrogen (secondary N) is 3. The number of amides is 2. The number of aromatic nitrogens is 2. The molecule has 20 nitrogen and oxygen atoms in total. The molecule has 0 spiro atoms. The average Bonchev–Trinajstić information content (AvgIpc) is 3.79. The summed E-state index contributed by atoms with van der Waals surface area (Å²) >= 11 is 0. The summed E-state index contributed by atoms with van der Waals surface area (Å²) in [6, 6.07) is -2.02. The molecule has 3 saturated heterocycles. The van der Waals surface area contributed by atoms with Gasteiger partial charge in [0.25, 0.3) is 5.56 Å². The lowest BCUT2D eigenvalue weighted by atomic mass is 9.91. The van der Waals surface area contributed by atoms with Gasteiger partial charge in [-0.2, -0.15) is 0 Å². The van der Waals surface area contributed by atoms with Crippen LogP contribution in [-0.2, 0) is 28.5 Å². The van der Waals surface area contributed by atoms with Gasteiger partial charge in [-0.25, -0.2) is 4.79 Å². The molecule has 0 bridgehead atoms. The van der Waals surface area contributed by atoms with Crippen LogP contribution in [0.5, 0.6) is 0 Å². The highest BCUT2D eigenvalue weighted by Crippen LogP contribution is 2.34. The third kappa shape index (κ3) is 12.1. The second-order valence-electron chi connectivity index (χ2n) is 15.5. The Bertz CT molecular complexity index is 1650. The van der Waals surface area contributed by atoms with Crippen LogP contribution in [-0.4, -0.2) is 155 Å². The molecule has 4 fully saturated rings. The Labute approximate surface area is 335 Å². The van der Waals surface area contributed by atoms with Crippen molar-refractivity contribution in [2.45, 2.75) is 158 Å². The number of aliphatic hydroxyl groups is 8. The SMILES string of the molecule is C/C=C\C1CCCC1.CC(=O)NC1C(OC2OC(CC(O)C3OC(n4ccc(=O)[nH]c4=O)C(O)C3O)C(O)C(O)C2NC(=O)/C=C/CC(C)C)OC(CO)C(O)C1O. The Kier molecular flexibility index (Phi) is 17.7. The number of aliphatic hydroxyl groups excluding tert-OH is 8. The summed E-state index contributed by atoms with van der Waals surface area (Å²) < 4.78 is 23.8. The van der Waals surface area contributed by atoms with Crippen LogP contribution in [0.3, 0.4) is 0 Å². The number of hydrogen-bond acceptors (Lipinski definition) is 16. The van der Waals surface area contributed by atoms with Gasteiger partial charge in [0, 0.05) is 25.6 Å². The van der Waals surface area contributed by atoms with Gasteiger partial charge in [0.15, 0.2) is 18.8 Å². The third-order valence-corrected chi connectivity index (χ3v) is 10.5. The van der Waals surface area contributed by atoms with Crippen LogP contribution in [0.4, 0.5) is 0 Å². The van der Waals surface area contributed by atoms with Gasteiger partial charge in [0.2, 0.25) is 11.8 Å². The lowest BCUT2D eigenvalue weighted by Gasteiger charge is -2.47. The molecule has 15 unspecified atom stereocenters. The van der Waals surface area contributed by atoms with E-state index >= 15 is 0 Å². The minimum atomic E-state index is -1.85. The average molecular weight is 829 g/mol. The number of allylic oxidation sites excluding steroid dienone is 3. The summed E-state index contributed by atoms with van der Waals surface area (Å²) in [6.45, 7) is 6.30. The summed E-state index contributed by atoms with van der Waals surface area (Å²) in [4.78, 5) is 50.5. The molecule has 11 N–H and O–H groups in total. The first-order valence-electron chi connectivity index (χ1n) is 19.6. The molecular weight excluding hydrogens is 768 g/mol. The van der Waals surface area contributed by atoms with E-state index in [-0.39, 0.29) is 5.92 Å². The lowest BCUT2D eigenvalue weighted by Crippen LogP contribution is -2.68. The number of rotatable bonds is 13. The number of carbonyl (C=O) groups excluding carboxylic acids is 2. The largest absolute Gasteiger partial charge is 0.394 e. The van der Waals surface area contributed by atoms with Crippen LogP contribution in [0.1, 0.15) is 72.4 Å². The summed E-state index contributed by atoms with van der Waals surface area (Å²) in [5, 5.41) is 90.4. The fourth-order valence-corrected chi connectivity index (χ4v) is 7.43. The Morgan fingerprint density at radius 1 is 0.914 bits per heavy atom. The molecule has 0 aromatic carbocycles. The van der Waals surface area contributed by atoms with Crippen molar-refractivity contribution in [3.63, 3.8) is 0 Å². The van der Waals surface area contributed by atoms with E-state index in [2.05, 4.69) is 29.7 Å². The van der Waals surface area contributed by atoms with Crippen LogP contribution in [0.15, 0.2) is 46.2 Å². The molecule has 4 heterocycles. The third-order valence-electron chi connectivity index (χ3n) is 10.5. The van der Waals surface area contributed by atoms with E-state index in [0.717, 1.165) is 29.7 Å². The van der Waals surface area contributed by atoms with Crippen LogP contribution in [0.2, 0.25) is 0 Å². The molecule has 3 aliphatic heterocycles. The van der Waals surface area contributed by atoms with Gasteiger partial charge < -0.3 is 70.4 Å².